The Balaban J connectivity index is 2.67. The molecule has 0 atom stereocenters. The van der Waals surface area contributed by atoms with Crippen LogP contribution < -0.4 is 5.32 Å². The van der Waals surface area contributed by atoms with E-state index in [-0.39, 0.29) is 0 Å². The van der Waals surface area contributed by atoms with Gasteiger partial charge in [-0.3, -0.25) is 0 Å². The van der Waals surface area contributed by atoms with E-state index < -0.39 is 0 Å². The maximum Gasteiger partial charge on any atom is 0.0653 e. The predicted octanol–water partition coefficient (Wildman–Crippen LogP) is 4.47. The van der Waals surface area contributed by atoms with E-state index in [2.05, 4.69) is 17.2 Å². The summed E-state index contributed by atoms with van der Waals surface area (Å²) in [5, 5.41) is 4.65. The largest absolute Gasteiger partial charge is 0.383 e. The molecule has 1 nitrogen and oxygen atoms in total. The van der Waals surface area contributed by atoms with Gasteiger partial charge >= 0.3 is 0 Å². The first-order valence-corrected chi connectivity index (χ1v) is 5.56. The van der Waals surface area contributed by atoms with E-state index >= 15 is 0 Å². The minimum absolute atomic E-state index is 0.459. The summed E-state index contributed by atoms with van der Waals surface area (Å²) < 4.78 is 0. The van der Waals surface area contributed by atoms with E-state index in [1.807, 2.05) is 6.92 Å². The van der Waals surface area contributed by atoms with Gasteiger partial charge in [-0.25, -0.2) is 0 Å². The van der Waals surface area contributed by atoms with Crippen LogP contribution in [0.5, 0.6) is 0 Å². The summed E-state index contributed by atoms with van der Waals surface area (Å²) in [6.45, 7) is 2.55. The number of halogens is 3. The van der Waals surface area contributed by atoms with Crippen molar-refractivity contribution in [2.75, 3.05) is 11.9 Å². The van der Waals surface area contributed by atoms with E-state index in [0.717, 1.165) is 18.7 Å². The van der Waals surface area contributed by atoms with Crippen LogP contribution in [0, 0.1) is 11.8 Å². The van der Waals surface area contributed by atoms with Crippen LogP contribution in [0.2, 0.25) is 15.1 Å². The van der Waals surface area contributed by atoms with Gasteiger partial charge in [0.1, 0.15) is 0 Å². The van der Waals surface area contributed by atoms with Gasteiger partial charge < -0.3 is 5.32 Å². The smallest absolute Gasteiger partial charge is 0.0653 e. The lowest BCUT2D eigenvalue weighted by molar-refractivity contribution is 1.10. The average Bonchev–Trinajstić information content (AvgIpc) is 2.20. The zero-order valence-corrected chi connectivity index (χ0v) is 10.5. The first-order valence-electron chi connectivity index (χ1n) is 4.43. The number of benzene rings is 1. The molecule has 0 aliphatic rings. The molecule has 0 saturated heterocycles. The van der Waals surface area contributed by atoms with E-state index in [1.165, 1.54) is 0 Å². The van der Waals surface area contributed by atoms with Crippen molar-refractivity contribution < 1.29 is 0 Å². The third-order valence-corrected chi connectivity index (χ3v) is 2.79. The molecule has 0 unspecified atom stereocenters. The van der Waals surface area contributed by atoms with Crippen LogP contribution >= 0.6 is 34.8 Å². The Kier molecular flexibility index (Phi) is 5.11. The Bertz CT molecular complexity index is 404. The molecule has 0 amide bonds. The molecule has 0 aromatic heterocycles. The average molecular weight is 263 g/mol. The maximum atomic E-state index is 5.97. The van der Waals surface area contributed by atoms with Crippen molar-refractivity contribution in [3.8, 4) is 11.8 Å². The number of anilines is 1. The second-order valence-corrected chi connectivity index (χ2v) is 4.07. The van der Waals surface area contributed by atoms with Crippen LogP contribution in [0.15, 0.2) is 12.1 Å². The molecule has 0 fully saturated rings. The van der Waals surface area contributed by atoms with Crippen LogP contribution in [0.25, 0.3) is 0 Å². The summed E-state index contributed by atoms with van der Waals surface area (Å²) in [6, 6.07) is 3.34. The lowest BCUT2D eigenvalue weighted by Gasteiger charge is -2.08. The lowest BCUT2D eigenvalue weighted by Crippen LogP contribution is -2.00. The number of nitrogens with one attached hydrogen (secondary N) is 1. The van der Waals surface area contributed by atoms with Crippen molar-refractivity contribution in [2.45, 2.75) is 13.3 Å². The van der Waals surface area contributed by atoms with Gasteiger partial charge in [0.25, 0.3) is 0 Å². The molecule has 1 aromatic carbocycles. The predicted molar refractivity (Wildman–Crippen MR) is 68.0 cm³/mol. The molecule has 0 aliphatic carbocycles. The highest BCUT2D eigenvalue weighted by Crippen LogP contribution is 2.32. The van der Waals surface area contributed by atoms with Gasteiger partial charge in [0.05, 0.1) is 20.8 Å². The molecule has 0 bridgehead atoms. The molecule has 0 aliphatic heterocycles. The molecule has 4 heteroatoms. The Hall–Kier alpha value is -0.550. The van der Waals surface area contributed by atoms with Crippen LogP contribution in [0.4, 0.5) is 5.69 Å². The van der Waals surface area contributed by atoms with E-state index in [1.54, 1.807) is 12.1 Å². The quantitative estimate of drug-likeness (QED) is 0.481. The molecule has 0 radical (unpaired) electrons. The summed E-state index contributed by atoms with van der Waals surface area (Å²) in [5.74, 6) is 5.77. The minimum atomic E-state index is 0.459. The first kappa shape index (κ1) is 12.5. The van der Waals surface area contributed by atoms with Crippen LogP contribution in [0.3, 0.4) is 0 Å². The maximum absolute atomic E-state index is 5.97. The van der Waals surface area contributed by atoms with Crippen molar-refractivity contribution in [3.05, 3.63) is 27.2 Å². The number of hydrogen-bond acceptors (Lipinski definition) is 1. The van der Waals surface area contributed by atoms with Crippen LogP contribution in [-0.2, 0) is 0 Å². The SMILES string of the molecule is CC#CCCNc1cc(Cl)c(Cl)cc1Cl. The fourth-order valence-corrected chi connectivity index (χ4v) is 1.66. The van der Waals surface area contributed by atoms with Crippen LogP contribution in [0.1, 0.15) is 13.3 Å². The molecule has 1 aromatic rings. The monoisotopic (exact) mass is 261 g/mol. The molecular weight excluding hydrogens is 252 g/mol. The molecule has 0 heterocycles. The highest BCUT2D eigenvalue weighted by atomic mass is 35.5. The second-order valence-electron chi connectivity index (χ2n) is 2.85. The Labute approximate surface area is 105 Å². The Morgan fingerprint density at radius 3 is 2.47 bits per heavy atom. The summed E-state index contributed by atoms with van der Waals surface area (Å²) in [7, 11) is 0. The van der Waals surface area contributed by atoms with Crippen LogP contribution in [-0.4, -0.2) is 6.54 Å². The lowest BCUT2D eigenvalue weighted by atomic mass is 10.3. The molecule has 80 valence electrons. The van der Waals surface area contributed by atoms with E-state index in [4.69, 9.17) is 34.8 Å². The second kappa shape index (κ2) is 6.12. The highest BCUT2D eigenvalue weighted by Gasteiger charge is 2.04. The van der Waals surface area contributed by atoms with Gasteiger partial charge in [-0.05, 0) is 19.1 Å². The topological polar surface area (TPSA) is 12.0 Å². The number of rotatable bonds is 3. The van der Waals surface area contributed by atoms with Crippen molar-refractivity contribution >= 4 is 40.5 Å². The van der Waals surface area contributed by atoms with Gasteiger partial charge in [-0.2, -0.15) is 0 Å². The summed E-state index contributed by atoms with van der Waals surface area (Å²) in [5.41, 5.74) is 0.781. The normalized spacial score (nSPS) is 9.33. The van der Waals surface area contributed by atoms with Gasteiger partial charge in [0.2, 0.25) is 0 Å². The Morgan fingerprint density at radius 1 is 1.13 bits per heavy atom. The molecule has 0 saturated carbocycles. The first-order chi connectivity index (χ1) is 7.15. The summed E-state index contributed by atoms with van der Waals surface area (Å²) >= 11 is 17.6. The van der Waals surface area contributed by atoms with Gasteiger partial charge in [0, 0.05) is 13.0 Å². The standard InChI is InChI=1S/C11H10Cl3N/c1-2-3-4-5-15-11-7-9(13)8(12)6-10(11)14/h6-7,15H,4-5H2,1H3. The molecule has 15 heavy (non-hydrogen) atoms. The zero-order chi connectivity index (χ0) is 11.3. The molecular formula is C11H10Cl3N. The van der Waals surface area contributed by atoms with Gasteiger partial charge in [-0.15, -0.1) is 11.8 Å². The zero-order valence-electron chi connectivity index (χ0n) is 8.20. The van der Waals surface area contributed by atoms with E-state index in [9.17, 15) is 0 Å². The van der Waals surface area contributed by atoms with Crippen molar-refractivity contribution in [1.29, 1.82) is 0 Å². The van der Waals surface area contributed by atoms with Crippen molar-refractivity contribution in [2.24, 2.45) is 0 Å². The van der Waals surface area contributed by atoms with Gasteiger partial charge in [-0.1, -0.05) is 34.8 Å². The van der Waals surface area contributed by atoms with Gasteiger partial charge in [0.15, 0.2) is 0 Å². The fourth-order valence-electron chi connectivity index (χ4n) is 1.04. The Morgan fingerprint density at radius 2 is 1.80 bits per heavy atom. The minimum Gasteiger partial charge on any atom is -0.383 e. The van der Waals surface area contributed by atoms with Crippen molar-refractivity contribution in [3.63, 3.8) is 0 Å². The fraction of sp³-hybridized carbons (Fsp3) is 0.273. The van der Waals surface area contributed by atoms with E-state index in [0.29, 0.717) is 15.1 Å². The van der Waals surface area contributed by atoms with Crippen molar-refractivity contribution in [1.82, 2.24) is 0 Å². The number of hydrogen-bond donors (Lipinski definition) is 1. The summed E-state index contributed by atoms with van der Waals surface area (Å²) in [4.78, 5) is 0. The molecule has 1 rings (SSSR count). The summed E-state index contributed by atoms with van der Waals surface area (Å²) in [6.07, 6.45) is 0.771. The molecule has 1 N–H and O–H groups in total. The third kappa shape index (κ3) is 3.83. The highest BCUT2D eigenvalue weighted by molar-refractivity contribution is 6.44. The third-order valence-electron chi connectivity index (χ3n) is 1.75. The molecule has 0 spiro atoms.